The predicted octanol–water partition coefficient (Wildman–Crippen LogP) is 1.23. The van der Waals surface area contributed by atoms with Crippen molar-refractivity contribution in [3.63, 3.8) is 0 Å². The number of rotatable bonds is 6. The molecule has 0 aromatic carbocycles. The number of hydrogen-bond acceptors (Lipinski definition) is 4. The molecular weight excluding hydrogens is 268 g/mol. The highest BCUT2D eigenvalue weighted by atomic mass is 16.5. The third kappa shape index (κ3) is 4.54. The van der Waals surface area contributed by atoms with E-state index in [4.69, 9.17) is 10.5 Å². The van der Waals surface area contributed by atoms with Crippen LogP contribution in [-0.4, -0.2) is 41.0 Å². The molecular formula is C15H26N4O2. The Hall–Kier alpha value is -1.40. The fraction of sp³-hybridized carbons (Fsp3) is 0.733. The van der Waals surface area contributed by atoms with Gasteiger partial charge in [0.2, 0.25) is 0 Å². The topological polar surface area (TPSA) is 82.2 Å². The molecule has 0 atom stereocenters. The molecule has 0 bridgehead atoms. The highest BCUT2D eigenvalue weighted by Crippen LogP contribution is 2.19. The van der Waals surface area contributed by atoms with Crippen LogP contribution in [0.2, 0.25) is 0 Å². The number of amides is 1. The summed E-state index contributed by atoms with van der Waals surface area (Å²) in [5.41, 5.74) is 7.33. The number of hydrogen-bond donors (Lipinski definition) is 2. The SMILES string of the molecule is CCn1nc(C)cc1C(=O)NCCOC1CCC(N)CC1. The molecule has 1 saturated carbocycles. The first-order valence-electron chi connectivity index (χ1n) is 7.80. The van der Waals surface area contributed by atoms with Gasteiger partial charge in [0.1, 0.15) is 5.69 Å². The van der Waals surface area contributed by atoms with Crippen molar-refractivity contribution < 1.29 is 9.53 Å². The lowest BCUT2D eigenvalue weighted by molar-refractivity contribution is 0.0267. The maximum Gasteiger partial charge on any atom is 0.269 e. The number of nitrogens with one attached hydrogen (secondary N) is 1. The zero-order chi connectivity index (χ0) is 15.2. The van der Waals surface area contributed by atoms with Crippen molar-refractivity contribution in [1.82, 2.24) is 15.1 Å². The van der Waals surface area contributed by atoms with E-state index in [0.717, 1.165) is 31.4 Å². The Morgan fingerprint density at radius 1 is 1.48 bits per heavy atom. The van der Waals surface area contributed by atoms with E-state index >= 15 is 0 Å². The molecule has 1 fully saturated rings. The van der Waals surface area contributed by atoms with Crippen LogP contribution in [0.25, 0.3) is 0 Å². The number of nitrogens with two attached hydrogens (primary N) is 1. The smallest absolute Gasteiger partial charge is 0.269 e. The van der Waals surface area contributed by atoms with Crippen LogP contribution in [-0.2, 0) is 11.3 Å². The number of carbonyl (C=O) groups is 1. The van der Waals surface area contributed by atoms with Gasteiger partial charge >= 0.3 is 0 Å². The van der Waals surface area contributed by atoms with Crippen molar-refractivity contribution in [1.29, 1.82) is 0 Å². The van der Waals surface area contributed by atoms with Gasteiger partial charge in [0.15, 0.2) is 0 Å². The third-order valence-electron chi connectivity index (χ3n) is 3.89. The Bertz CT molecular complexity index is 464. The van der Waals surface area contributed by atoms with Crippen LogP contribution in [0.1, 0.15) is 48.8 Å². The molecule has 1 aromatic heterocycles. The first-order chi connectivity index (χ1) is 10.1. The van der Waals surface area contributed by atoms with E-state index in [-0.39, 0.29) is 5.91 Å². The van der Waals surface area contributed by atoms with Crippen LogP contribution in [0.15, 0.2) is 6.07 Å². The molecule has 0 saturated heterocycles. The van der Waals surface area contributed by atoms with Gasteiger partial charge in [-0.25, -0.2) is 0 Å². The molecule has 1 heterocycles. The van der Waals surface area contributed by atoms with Gasteiger partial charge in [-0.1, -0.05) is 0 Å². The van der Waals surface area contributed by atoms with Crippen LogP contribution in [0.4, 0.5) is 0 Å². The molecule has 6 nitrogen and oxygen atoms in total. The zero-order valence-corrected chi connectivity index (χ0v) is 13.0. The standard InChI is InChI=1S/C15H26N4O2/c1-3-19-14(10-11(2)18-19)15(20)17-8-9-21-13-6-4-12(16)5-7-13/h10,12-13H,3-9,16H2,1-2H3,(H,17,20). The van der Waals surface area contributed by atoms with Gasteiger partial charge in [0.05, 0.1) is 18.4 Å². The molecule has 0 aliphatic heterocycles. The highest BCUT2D eigenvalue weighted by Gasteiger charge is 2.19. The van der Waals surface area contributed by atoms with Crippen LogP contribution >= 0.6 is 0 Å². The molecule has 0 spiro atoms. The molecule has 1 aliphatic carbocycles. The summed E-state index contributed by atoms with van der Waals surface area (Å²) in [6.07, 6.45) is 4.41. The summed E-state index contributed by atoms with van der Waals surface area (Å²) >= 11 is 0. The maximum absolute atomic E-state index is 12.1. The summed E-state index contributed by atoms with van der Waals surface area (Å²) in [7, 11) is 0. The lowest BCUT2D eigenvalue weighted by Gasteiger charge is -2.26. The van der Waals surface area contributed by atoms with Crippen molar-refractivity contribution in [2.75, 3.05) is 13.2 Å². The minimum atomic E-state index is -0.0910. The van der Waals surface area contributed by atoms with Crippen LogP contribution in [0.5, 0.6) is 0 Å². The summed E-state index contributed by atoms with van der Waals surface area (Å²) in [5, 5.41) is 7.16. The van der Waals surface area contributed by atoms with E-state index < -0.39 is 0 Å². The first-order valence-corrected chi connectivity index (χ1v) is 7.80. The van der Waals surface area contributed by atoms with E-state index in [1.54, 1.807) is 4.68 Å². The fourth-order valence-electron chi connectivity index (χ4n) is 2.71. The highest BCUT2D eigenvalue weighted by molar-refractivity contribution is 5.92. The Kier molecular flexibility index (Phi) is 5.76. The first kappa shape index (κ1) is 16.0. The van der Waals surface area contributed by atoms with Gasteiger partial charge in [-0.05, 0) is 45.6 Å². The number of aryl methyl sites for hydroxylation is 2. The van der Waals surface area contributed by atoms with Crippen molar-refractivity contribution >= 4 is 5.91 Å². The minimum Gasteiger partial charge on any atom is -0.376 e. The molecule has 21 heavy (non-hydrogen) atoms. The number of aromatic nitrogens is 2. The van der Waals surface area contributed by atoms with Crippen molar-refractivity contribution in [2.45, 2.75) is 58.2 Å². The monoisotopic (exact) mass is 294 g/mol. The maximum atomic E-state index is 12.1. The predicted molar refractivity (Wildman–Crippen MR) is 81.2 cm³/mol. The zero-order valence-electron chi connectivity index (χ0n) is 13.0. The number of nitrogens with zero attached hydrogens (tertiary/aromatic N) is 2. The molecule has 1 aliphatic rings. The quantitative estimate of drug-likeness (QED) is 0.773. The average Bonchev–Trinajstić information content (AvgIpc) is 2.86. The molecule has 3 N–H and O–H groups in total. The largest absolute Gasteiger partial charge is 0.376 e. The number of carbonyl (C=O) groups excluding carboxylic acids is 1. The summed E-state index contributed by atoms with van der Waals surface area (Å²) in [6, 6.07) is 2.14. The van der Waals surface area contributed by atoms with Gasteiger partial charge in [0.25, 0.3) is 5.91 Å². The van der Waals surface area contributed by atoms with E-state index in [1.807, 2.05) is 19.9 Å². The van der Waals surface area contributed by atoms with Crippen LogP contribution in [0.3, 0.4) is 0 Å². The molecule has 0 radical (unpaired) electrons. The van der Waals surface area contributed by atoms with Crippen LogP contribution < -0.4 is 11.1 Å². The summed E-state index contributed by atoms with van der Waals surface area (Å²) in [4.78, 5) is 12.1. The molecule has 1 amide bonds. The Morgan fingerprint density at radius 3 is 2.86 bits per heavy atom. The lowest BCUT2D eigenvalue weighted by atomic mass is 9.94. The van der Waals surface area contributed by atoms with Crippen LogP contribution in [0, 0.1) is 6.92 Å². The molecule has 0 unspecified atom stereocenters. The molecule has 118 valence electrons. The van der Waals surface area contributed by atoms with Gasteiger partial charge in [-0.15, -0.1) is 0 Å². The Balaban J connectivity index is 1.69. The summed E-state index contributed by atoms with van der Waals surface area (Å²) in [5.74, 6) is -0.0910. The summed E-state index contributed by atoms with van der Waals surface area (Å²) in [6.45, 7) is 5.62. The fourth-order valence-corrected chi connectivity index (χ4v) is 2.71. The van der Waals surface area contributed by atoms with E-state index in [1.165, 1.54) is 0 Å². The second kappa shape index (κ2) is 7.56. The minimum absolute atomic E-state index is 0.0910. The van der Waals surface area contributed by atoms with Crippen molar-refractivity contribution in [3.05, 3.63) is 17.5 Å². The molecule has 2 rings (SSSR count). The van der Waals surface area contributed by atoms with Crippen molar-refractivity contribution in [2.24, 2.45) is 5.73 Å². The van der Waals surface area contributed by atoms with Gasteiger partial charge in [0, 0.05) is 19.1 Å². The van der Waals surface area contributed by atoms with Gasteiger partial charge in [-0.2, -0.15) is 5.10 Å². The third-order valence-corrected chi connectivity index (χ3v) is 3.89. The average molecular weight is 294 g/mol. The van der Waals surface area contributed by atoms with E-state index in [9.17, 15) is 4.79 Å². The Morgan fingerprint density at radius 2 is 2.19 bits per heavy atom. The summed E-state index contributed by atoms with van der Waals surface area (Å²) < 4.78 is 7.50. The van der Waals surface area contributed by atoms with Gasteiger partial charge < -0.3 is 15.8 Å². The normalized spacial score (nSPS) is 22.2. The molecule has 1 aromatic rings. The van der Waals surface area contributed by atoms with E-state index in [0.29, 0.717) is 37.5 Å². The molecule has 6 heteroatoms. The number of ether oxygens (including phenoxy) is 1. The second-order valence-electron chi connectivity index (χ2n) is 5.65. The lowest BCUT2D eigenvalue weighted by Crippen LogP contribution is -2.33. The van der Waals surface area contributed by atoms with Crippen molar-refractivity contribution in [3.8, 4) is 0 Å². The second-order valence-corrected chi connectivity index (χ2v) is 5.65. The Labute approximate surface area is 126 Å². The van der Waals surface area contributed by atoms with E-state index in [2.05, 4.69) is 10.4 Å². The van der Waals surface area contributed by atoms with Gasteiger partial charge in [-0.3, -0.25) is 9.48 Å².